The molecule has 2 aromatic rings. The van der Waals surface area contributed by atoms with Crippen LogP contribution in [0.2, 0.25) is 0 Å². The zero-order valence-corrected chi connectivity index (χ0v) is 9.51. The van der Waals surface area contributed by atoms with Gasteiger partial charge in [0.1, 0.15) is 6.10 Å². The number of aliphatic hydroxyl groups excluding tert-OH is 1. The Bertz CT molecular complexity index is 601. The molecule has 0 aliphatic rings. The van der Waals surface area contributed by atoms with Gasteiger partial charge in [0.2, 0.25) is 5.95 Å². The van der Waals surface area contributed by atoms with Gasteiger partial charge in [0.15, 0.2) is 0 Å². The van der Waals surface area contributed by atoms with Crippen LogP contribution in [0.3, 0.4) is 0 Å². The molecule has 0 aliphatic carbocycles. The van der Waals surface area contributed by atoms with Crippen LogP contribution in [0.4, 0.5) is 20.4 Å². The van der Waals surface area contributed by atoms with Crippen LogP contribution in [0.25, 0.3) is 11.0 Å². The molecule has 2 rings (SSSR count). The highest BCUT2D eigenvalue weighted by molar-refractivity contribution is 5.79. The number of benzene rings is 1. The second-order valence-electron chi connectivity index (χ2n) is 3.83. The summed E-state index contributed by atoms with van der Waals surface area (Å²) in [6, 6.07) is 4.02. The predicted octanol–water partition coefficient (Wildman–Crippen LogP) is 1.51. The monoisotopic (exact) mass is 272 g/mol. The van der Waals surface area contributed by atoms with Gasteiger partial charge in [-0.3, -0.25) is 10.1 Å². The third-order valence-corrected chi connectivity index (χ3v) is 2.45. The summed E-state index contributed by atoms with van der Waals surface area (Å²) in [5.41, 5.74) is 0.762. The molecule has 1 aromatic heterocycles. The van der Waals surface area contributed by atoms with Crippen molar-refractivity contribution < 1.29 is 18.8 Å². The van der Waals surface area contributed by atoms with E-state index in [1.165, 1.54) is 18.2 Å². The Kier molecular flexibility index (Phi) is 3.56. The molecule has 0 saturated heterocycles. The van der Waals surface area contributed by atoms with E-state index in [9.17, 15) is 18.9 Å². The van der Waals surface area contributed by atoms with Crippen LogP contribution in [0, 0.1) is 10.1 Å². The van der Waals surface area contributed by atoms with E-state index in [0.717, 1.165) is 0 Å². The number of nitrogens with zero attached hydrogens (tertiary/aromatic N) is 2. The summed E-state index contributed by atoms with van der Waals surface area (Å²) in [4.78, 5) is 16.7. The van der Waals surface area contributed by atoms with E-state index >= 15 is 0 Å². The molecule has 7 nitrogen and oxygen atoms in total. The summed E-state index contributed by atoms with van der Waals surface area (Å²) in [7, 11) is 0. The van der Waals surface area contributed by atoms with Crippen molar-refractivity contribution in [3.05, 3.63) is 28.3 Å². The Morgan fingerprint density at radius 1 is 1.53 bits per heavy atom. The maximum Gasteiger partial charge on any atom is 0.271 e. The zero-order chi connectivity index (χ0) is 14.0. The minimum atomic E-state index is -2.85. The number of nitro groups is 1. The fraction of sp³-hybridized carbons (Fsp3) is 0.300. The number of nitrogens with one attached hydrogen (secondary N) is 2. The number of aliphatic hydroxyl groups is 1. The molecule has 0 spiro atoms. The molecule has 0 aliphatic heterocycles. The average molecular weight is 272 g/mol. The van der Waals surface area contributed by atoms with Crippen LogP contribution in [0.1, 0.15) is 0 Å². The normalized spacial score (nSPS) is 12.8. The number of nitro benzene ring substituents is 1. The molecule has 0 fully saturated rings. The minimum absolute atomic E-state index is 0.102. The van der Waals surface area contributed by atoms with Crippen molar-refractivity contribution in [1.82, 2.24) is 9.97 Å². The van der Waals surface area contributed by atoms with Gasteiger partial charge in [0.05, 0.1) is 16.0 Å². The molecular weight excluding hydrogens is 262 g/mol. The van der Waals surface area contributed by atoms with Crippen LogP contribution < -0.4 is 5.32 Å². The Morgan fingerprint density at radius 3 is 2.89 bits per heavy atom. The van der Waals surface area contributed by atoms with Gasteiger partial charge >= 0.3 is 0 Å². The highest BCUT2D eigenvalue weighted by Crippen LogP contribution is 2.20. The van der Waals surface area contributed by atoms with E-state index < -0.39 is 17.5 Å². The number of hydrogen-bond donors (Lipinski definition) is 3. The lowest BCUT2D eigenvalue weighted by molar-refractivity contribution is -0.384. The first-order valence-electron chi connectivity index (χ1n) is 5.31. The highest BCUT2D eigenvalue weighted by atomic mass is 19.3. The molecule has 1 atom stereocenters. The smallest absolute Gasteiger partial charge is 0.271 e. The Morgan fingerprint density at radius 2 is 2.26 bits per heavy atom. The van der Waals surface area contributed by atoms with Crippen molar-refractivity contribution in [2.75, 3.05) is 11.9 Å². The number of fused-ring (bicyclic) bond motifs is 1. The number of aromatic amines is 1. The topological polar surface area (TPSA) is 104 Å². The second kappa shape index (κ2) is 5.14. The predicted molar refractivity (Wildman–Crippen MR) is 63.2 cm³/mol. The molecule has 0 radical (unpaired) electrons. The number of rotatable bonds is 5. The van der Waals surface area contributed by atoms with E-state index in [-0.39, 0.29) is 18.2 Å². The van der Waals surface area contributed by atoms with E-state index in [1.807, 2.05) is 0 Å². The molecule has 0 bridgehead atoms. The Labute approximate surface area is 105 Å². The SMILES string of the molecule is O=[N+]([O-])c1ccc2nc(NCC(O)C(F)F)[nH]c2c1. The maximum absolute atomic E-state index is 12.1. The van der Waals surface area contributed by atoms with Crippen LogP contribution in [0.5, 0.6) is 0 Å². The molecule has 19 heavy (non-hydrogen) atoms. The summed E-state index contributed by atoms with van der Waals surface area (Å²) in [5, 5.41) is 22.0. The van der Waals surface area contributed by atoms with Crippen molar-refractivity contribution >= 4 is 22.7 Å². The largest absolute Gasteiger partial charge is 0.385 e. The van der Waals surface area contributed by atoms with E-state index in [0.29, 0.717) is 11.0 Å². The second-order valence-corrected chi connectivity index (χ2v) is 3.83. The number of H-pyrrole nitrogens is 1. The first-order valence-corrected chi connectivity index (χ1v) is 5.31. The molecular formula is C10H10F2N4O3. The van der Waals surface area contributed by atoms with Crippen molar-refractivity contribution in [3.8, 4) is 0 Å². The maximum atomic E-state index is 12.1. The van der Waals surface area contributed by atoms with Crippen LogP contribution in [-0.4, -0.2) is 39.1 Å². The third kappa shape index (κ3) is 2.94. The third-order valence-electron chi connectivity index (χ3n) is 2.45. The minimum Gasteiger partial charge on any atom is -0.385 e. The number of halogens is 2. The first kappa shape index (κ1) is 13.1. The number of imidazole rings is 1. The van der Waals surface area contributed by atoms with Gasteiger partial charge in [-0.05, 0) is 6.07 Å². The number of anilines is 1. The van der Waals surface area contributed by atoms with Gasteiger partial charge < -0.3 is 15.4 Å². The van der Waals surface area contributed by atoms with E-state index in [4.69, 9.17) is 5.11 Å². The molecule has 1 aromatic carbocycles. The van der Waals surface area contributed by atoms with Crippen molar-refractivity contribution in [3.63, 3.8) is 0 Å². The quantitative estimate of drug-likeness (QED) is 0.565. The Balaban J connectivity index is 2.15. The van der Waals surface area contributed by atoms with Gasteiger partial charge in [-0.15, -0.1) is 0 Å². The number of aromatic nitrogens is 2. The summed E-state index contributed by atoms with van der Waals surface area (Å²) < 4.78 is 24.2. The van der Waals surface area contributed by atoms with Crippen LogP contribution in [-0.2, 0) is 0 Å². The molecule has 9 heteroatoms. The molecule has 102 valence electrons. The molecule has 0 saturated carbocycles. The van der Waals surface area contributed by atoms with Gasteiger partial charge in [0, 0.05) is 18.7 Å². The van der Waals surface area contributed by atoms with Gasteiger partial charge in [0.25, 0.3) is 12.1 Å². The molecule has 0 amide bonds. The lowest BCUT2D eigenvalue weighted by Gasteiger charge is -2.09. The summed E-state index contributed by atoms with van der Waals surface area (Å²) in [6.07, 6.45) is -4.65. The fourth-order valence-electron chi connectivity index (χ4n) is 1.49. The fourth-order valence-corrected chi connectivity index (χ4v) is 1.49. The first-order chi connectivity index (χ1) is 8.97. The highest BCUT2D eigenvalue weighted by Gasteiger charge is 2.17. The molecule has 1 unspecified atom stereocenters. The molecule has 1 heterocycles. The summed E-state index contributed by atoms with van der Waals surface area (Å²) in [5.74, 6) is 0.162. The standard InChI is InChI=1S/C10H10F2N4O3/c11-9(12)8(17)4-13-10-14-6-2-1-5(16(18)19)3-7(6)15-10/h1-3,8-9,17H,4H2,(H2,13,14,15). The van der Waals surface area contributed by atoms with Crippen LogP contribution >= 0.6 is 0 Å². The summed E-state index contributed by atoms with van der Waals surface area (Å²) in [6.45, 7) is -0.375. The Hall–Kier alpha value is -2.29. The van der Waals surface area contributed by atoms with Crippen molar-refractivity contribution in [2.45, 2.75) is 12.5 Å². The van der Waals surface area contributed by atoms with E-state index in [1.54, 1.807) is 0 Å². The lowest BCUT2D eigenvalue weighted by Crippen LogP contribution is -2.27. The van der Waals surface area contributed by atoms with Crippen molar-refractivity contribution in [2.24, 2.45) is 0 Å². The number of hydrogen-bond acceptors (Lipinski definition) is 5. The lowest BCUT2D eigenvalue weighted by atomic mass is 10.3. The van der Waals surface area contributed by atoms with Gasteiger partial charge in [-0.25, -0.2) is 13.8 Å². The van der Waals surface area contributed by atoms with Gasteiger partial charge in [-0.1, -0.05) is 0 Å². The zero-order valence-electron chi connectivity index (χ0n) is 9.51. The summed E-state index contributed by atoms with van der Waals surface area (Å²) >= 11 is 0. The number of non-ortho nitro benzene ring substituents is 1. The van der Waals surface area contributed by atoms with Crippen LogP contribution in [0.15, 0.2) is 18.2 Å². The number of alkyl halides is 2. The average Bonchev–Trinajstić information content (AvgIpc) is 2.77. The van der Waals surface area contributed by atoms with Gasteiger partial charge in [-0.2, -0.15) is 0 Å². The molecule has 3 N–H and O–H groups in total. The van der Waals surface area contributed by atoms with E-state index in [2.05, 4.69) is 15.3 Å². The van der Waals surface area contributed by atoms with Crippen molar-refractivity contribution in [1.29, 1.82) is 0 Å².